The summed E-state index contributed by atoms with van der Waals surface area (Å²) in [5.41, 5.74) is 8.14. The van der Waals surface area contributed by atoms with Crippen LogP contribution in [0.5, 0.6) is 0 Å². The van der Waals surface area contributed by atoms with E-state index in [9.17, 15) is 5.11 Å². The number of aryl methyl sites for hydroxylation is 1. The first-order chi connectivity index (χ1) is 8.55. The van der Waals surface area contributed by atoms with Gasteiger partial charge in [-0.1, -0.05) is 51.0 Å². The summed E-state index contributed by atoms with van der Waals surface area (Å²) in [7, 11) is 0. The van der Waals surface area contributed by atoms with Crippen LogP contribution in [0, 0.1) is 12.8 Å². The van der Waals surface area contributed by atoms with Crippen LogP contribution in [-0.2, 0) is 5.41 Å². The minimum Gasteiger partial charge on any atom is -0.395 e. The summed E-state index contributed by atoms with van der Waals surface area (Å²) in [4.78, 5) is 0. The average molecular weight is 249 g/mol. The van der Waals surface area contributed by atoms with E-state index in [-0.39, 0.29) is 12.0 Å². The highest BCUT2D eigenvalue weighted by Gasteiger charge is 2.30. The summed E-state index contributed by atoms with van der Waals surface area (Å²) >= 11 is 0. The number of benzene rings is 1. The van der Waals surface area contributed by atoms with Gasteiger partial charge in [-0.05, 0) is 30.4 Å². The Morgan fingerprint density at radius 2 is 1.94 bits per heavy atom. The van der Waals surface area contributed by atoms with Gasteiger partial charge in [-0.3, -0.25) is 0 Å². The molecule has 0 spiro atoms. The third-order valence-electron chi connectivity index (χ3n) is 3.85. The SMILES string of the molecule is Cc1ccccc1C(CN)(CO)CCCC(C)C. The fraction of sp³-hybridized carbons (Fsp3) is 0.625. The van der Waals surface area contributed by atoms with Crippen molar-refractivity contribution in [3.8, 4) is 0 Å². The fourth-order valence-corrected chi connectivity index (χ4v) is 2.59. The Bertz CT molecular complexity index is 356. The van der Waals surface area contributed by atoms with Crippen molar-refractivity contribution in [2.24, 2.45) is 11.7 Å². The van der Waals surface area contributed by atoms with Crippen LogP contribution in [-0.4, -0.2) is 18.3 Å². The molecule has 1 rings (SSSR count). The van der Waals surface area contributed by atoms with Gasteiger partial charge in [-0.2, -0.15) is 0 Å². The lowest BCUT2D eigenvalue weighted by molar-refractivity contribution is 0.183. The third kappa shape index (κ3) is 3.56. The van der Waals surface area contributed by atoms with Gasteiger partial charge in [0.2, 0.25) is 0 Å². The molecule has 102 valence electrons. The molecule has 0 bridgehead atoms. The molecule has 2 nitrogen and oxygen atoms in total. The first-order valence-electron chi connectivity index (χ1n) is 6.93. The van der Waals surface area contributed by atoms with Gasteiger partial charge in [-0.15, -0.1) is 0 Å². The number of nitrogens with two attached hydrogens (primary N) is 1. The summed E-state index contributed by atoms with van der Waals surface area (Å²) in [5, 5.41) is 9.84. The van der Waals surface area contributed by atoms with Crippen LogP contribution in [0.15, 0.2) is 24.3 Å². The van der Waals surface area contributed by atoms with Crippen LogP contribution < -0.4 is 5.73 Å². The van der Waals surface area contributed by atoms with E-state index in [1.54, 1.807) is 0 Å². The molecule has 1 aromatic rings. The Kier molecular flexibility index (Phi) is 5.83. The van der Waals surface area contributed by atoms with E-state index in [0.29, 0.717) is 12.5 Å². The number of rotatable bonds is 7. The van der Waals surface area contributed by atoms with Crippen molar-refractivity contribution >= 4 is 0 Å². The topological polar surface area (TPSA) is 46.2 Å². The molecule has 0 heterocycles. The predicted octanol–water partition coefficient (Wildman–Crippen LogP) is 3.01. The maximum Gasteiger partial charge on any atom is 0.0540 e. The van der Waals surface area contributed by atoms with E-state index in [1.165, 1.54) is 17.5 Å². The Morgan fingerprint density at radius 1 is 1.28 bits per heavy atom. The molecule has 1 aromatic carbocycles. The monoisotopic (exact) mass is 249 g/mol. The molecule has 0 amide bonds. The molecule has 3 N–H and O–H groups in total. The van der Waals surface area contributed by atoms with Crippen molar-refractivity contribution in [1.29, 1.82) is 0 Å². The van der Waals surface area contributed by atoms with E-state index in [0.717, 1.165) is 12.8 Å². The summed E-state index contributed by atoms with van der Waals surface area (Å²) in [5.74, 6) is 0.705. The summed E-state index contributed by atoms with van der Waals surface area (Å²) < 4.78 is 0. The van der Waals surface area contributed by atoms with Crippen molar-refractivity contribution in [3.05, 3.63) is 35.4 Å². The first kappa shape index (κ1) is 15.2. The summed E-state index contributed by atoms with van der Waals surface area (Å²) in [6, 6.07) is 8.27. The van der Waals surface area contributed by atoms with E-state index < -0.39 is 0 Å². The van der Waals surface area contributed by atoms with E-state index >= 15 is 0 Å². The van der Waals surface area contributed by atoms with Crippen LogP contribution in [0.3, 0.4) is 0 Å². The highest BCUT2D eigenvalue weighted by Crippen LogP contribution is 2.31. The lowest BCUT2D eigenvalue weighted by atomic mass is 9.75. The number of aliphatic hydroxyl groups excluding tert-OH is 1. The summed E-state index contributed by atoms with van der Waals surface area (Å²) in [6.45, 7) is 7.20. The minimum atomic E-state index is -0.264. The molecule has 0 saturated carbocycles. The van der Waals surface area contributed by atoms with E-state index in [2.05, 4.69) is 32.9 Å². The Balaban J connectivity index is 2.89. The molecule has 0 fully saturated rings. The van der Waals surface area contributed by atoms with E-state index in [4.69, 9.17) is 5.73 Å². The van der Waals surface area contributed by atoms with Crippen molar-refractivity contribution < 1.29 is 5.11 Å². The van der Waals surface area contributed by atoms with Crippen LogP contribution in [0.1, 0.15) is 44.2 Å². The number of hydrogen-bond acceptors (Lipinski definition) is 2. The second kappa shape index (κ2) is 6.91. The molecule has 0 aromatic heterocycles. The molecule has 0 saturated heterocycles. The van der Waals surface area contributed by atoms with Crippen molar-refractivity contribution in [2.45, 2.75) is 45.4 Å². The third-order valence-corrected chi connectivity index (χ3v) is 3.85. The van der Waals surface area contributed by atoms with Crippen LogP contribution >= 0.6 is 0 Å². The zero-order chi connectivity index (χ0) is 13.6. The largest absolute Gasteiger partial charge is 0.395 e. The normalized spacial score (nSPS) is 14.8. The highest BCUT2D eigenvalue weighted by molar-refractivity contribution is 5.34. The van der Waals surface area contributed by atoms with Gasteiger partial charge in [0, 0.05) is 12.0 Å². The molecule has 2 heteroatoms. The standard InChI is InChI=1S/C16H27NO/c1-13(2)7-6-10-16(11-17,12-18)15-9-5-4-8-14(15)3/h4-5,8-9,13,18H,6-7,10-12,17H2,1-3H3. The zero-order valence-electron chi connectivity index (χ0n) is 11.9. The molecule has 1 unspecified atom stereocenters. The second-order valence-corrected chi connectivity index (χ2v) is 5.74. The predicted molar refractivity (Wildman–Crippen MR) is 77.7 cm³/mol. The average Bonchev–Trinajstić information content (AvgIpc) is 2.36. The van der Waals surface area contributed by atoms with Gasteiger partial charge in [0.15, 0.2) is 0 Å². The quantitative estimate of drug-likeness (QED) is 0.780. The number of aliphatic hydroxyl groups is 1. The minimum absolute atomic E-state index is 0.131. The van der Waals surface area contributed by atoms with E-state index in [1.807, 2.05) is 12.1 Å². The molecule has 0 radical (unpaired) electrons. The Morgan fingerprint density at radius 3 is 2.44 bits per heavy atom. The second-order valence-electron chi connectivity index (χ2n) is 5.74. The molecular formula is C16H27NO. The molecule has 18 heavy (non-hydrogen) atoms. The Labute approximate surface area is 111 Å². The molecule has 0 aliphatic rings. The van der Waals surface area contributed by atoms with Crippen LogP contribution in [0.4, 0.5) is 0 Å². The highest BCUT2D eigenvalue weighted by atomic mass is 16.3. The van der Waals surface area contributed by atoms with Crippen molar-refractivity contribution in [2.75, 3.05) is 13.2 Å². The lowest BCUT2D eigenvalue weighted by Crippen LogP contribution is -2.39. The lowest BCUT2D eigenvalue weighted by Gasteiger charge is -2.33. The van der Waals surface area contributed by atoms with Gasteiger partial charge < -0.3 is 10.8 Å². The van der Waals surface area contributed by atoms with Crippen LogP contribution in [0.2, 0.25) is 0 Å². The van der Waals surface area contributed by atoms with Gasteiger partial charge in [0.25, 0.3) is 0 Å². The number of hydrogen-bond donors (Lipinski definition) is 2. The fourth-order valence-electron chi connectivity index (χ4n) is 2.59. The maximum absolute atomic E-state index is 9.84. The van der Waals surface area contributed by atoms with Gasteiger partial charge >= 0.3 is 0 Å². The zero-order valence-corrected chi connectivity index (χ0v) is 11.9. The molecule has 0 aliphatic heterocycles. The smallest absolute Gasteiger partial charge is 0.0540 e. The molecule has 0 aliphatic carbocycles. The maximum atomic E-state index is 9.84. The van der Waals surface area contributed by atoms with Crippen molar-refractivity contribution in [3.63, 3.8) is 0 Å². The molecule has 1 atom stereocenters. The van der Waals surface area contributed by atoms with Crippen molar-refractivity contribution in [1.82, 2.24) is 0 Å². The summed E-state index contributed by atoms with van der Waals surface area (Å²) in [6.07, 6.45) is 3.26. The van der Waals surface area contributed by atoms with Gasteiger partial charge in [-0.25, -0.2) is 0 Å². The van der Waals surface area contributed by atoms with Gasteiger partial charge in [0.05, 0.1) is 6.61 Å². The first-order valence-corrected chi connectivity index (χ1v) is 6.93. The molecular weight excluding hydrogens is 222 g/mol. The Hall–Kier alpha value is -0.860. The van der Waals surface area contributed by atoms with Gasteiger partial charge in [0.1, 0.15) is 0 Å². The van der Waals surface area contributed by atoms with Crippen LogP contribution in [0.25, 0.3) is 0 Å².